The van der Waals surface area contributed by atoms with Crippen molar-refractivity contribution < 1.29 is 9.90 Å². The van der Waals surface area contributed by atoms with Crippen molar-refractivity contribution in [1.29, 1.82) is 0 Å². The zero-order valence-electron chi connectivity index (χ0n) is 10.6. The number of nitrogens with zero attached hydrogens (tertiary/aromatic N) is 2. The van der Waals surface area contributed by atoms with Gasteiger partial charge < -0.3 is 5.11 Å². The molecule has 2 fully saturated rings. The molecule has 4 nitrogen and oxygen atoms in total. The average Bonchev–Trinajstić information content (AvgIpc) is 2.95. The van der Waals surface area contributed by atoms with Crippen LogP contribution in [0.4, 0.5) is 0 Å². The van der Waals surface area contributed by atoms with Crippen LogP contribution >= 0.6 is 33.9 Å². The van der Waals surface area contributed by atoms with Crippen LogP contribution in [0.1, 0.15) is 37.1 Å². The molecule has 3 atom stereocenters. The maximum Gasteiger partial charge on any atom is 0.320 e. The van der Waals surface area contributed by atoms with Crippen molar-refractivity contribution in [3.05, 3.63) is 14.1 Å². The summed E-state index contributed by atoms with van der Waals surface area (Å²) in [5, 5.41) is 10.5. The van der Waals surface area contributed by atoms with Gasteiger partial charge in [-0.3, -0.25) is 9.69 Å². The fraction of sp³-hybridized carbons (Fsp3) is 0.692. The molecule has 1 saturated heterocycles. The van der Waals surface area contributed by atoms with E-state index in [1.165, 1.54) is 22.1 Å². The van der Waals surface area contributed by atoms with E-state index in [1.54, 1.807) is 11.3 Å². The molecule has 0 bridgehead atoms. The number of carbonyl (C=O) groups is 1. The number of thiazole rings is 1. The van der Waals surface area contributed by atoms with Crippen LogP contribution in [0.5, 0.6) is 0 Å². The van der Waals surface area contributed by atoms with Crippen LogP contribution in [-0.2, 0) is 11.3 Å². The summed E-state index contributed by atoms with van der Waals surface area (Å²) >= 11 is 3.93. The molecule has 1 aliphatic carbocycles. The van der Waals surface area contributed by atoms with Gasteiger partial charge in [0.1, 0.15) is 11.0 Å². The summed E-state index contributed by atoms with van der Waals surface area (Å²) in [7, 11) is 0. The summed E-state index contributed by atoms with van der Waals surface area (Å²) in [4.78, 5) is 18.1. The molecular weight excluding hydrogens is 375 g/mol. The van der Waals surface area contributed by atoms with E-state index < -0.39 is 5.97 Å². The van der Waals surface area contributed by atoms with Crippen molar-refractivity contribution >= 4 is 39.9 Å². The zero-order chi connectivity index (χ0) is 13.4. The van der Waals surface area contributed by atoms with Gasteiger partial charge in [-0.05, 0) is 47.8 Å². The molecule has 0 amide bonds. The number of hydrogen-bond acceptors (Lipinski definition) is 4. The standard InChI is InChI=1S/C13H17IN2O2S/c14-11-6-15-12(19-11)7-16-9-4-2-1-3-8(9)5-10(16)13(17)18/h6,8-10H,1-5,7H2,(H,17,18). The van der Waals surface area contributed by atoms with Crippen molar-refractivity contribution in [1.82, 2.24) is 9.88 Å². The smallest absolute Gasteiger partial charge is 0.320 e. The fourth-order valence-corrected chi connectivity index (χ4v) is 5.09. The molecule has 3 unspecified atom stereocenters. The maximum absolute atomic E-state index is 11.5. The fourth-order valence-electron chi connectivity index (χ4n) is 3.54. The molecule has 0 aromatic carbocycles. The SMILES string of the molecule is O=C(O)C1CC2CCCCC2N1Cc1ncc(I)s1. The van der Waals surface area contributed by atoms with Crippen LogP contribution in [0.2, 0.25) is 0 Å². The van der Waals surface area contributed by atoms with E-state index in [0.717, 1.165) is 17.8 Å². The number of carboxylic acids is 1. The highest BCUT2D eigenvalue weighted by Crippen LogP contribution is 2.40. The topological polar surface area (TPSA) is 53.4 Å². The van der Waals surface area contributed by atoms with E-state index >= 15 is 0 Å². The quantitative estimate of drug-likeness (QED) is 0.804. The van der Waals surface area contributed by atoms with E-state index in [1.807, 2.05) is 6.20 Å². The molecule has 6 heteroatoms. The number of aromatic nitrogens is 1. The minimum absolute atomic E-state index is 0.310. The Kier molecular flexibility index (Phi) is 4.09. The van der Waals surface area contributed by atoms with Crippen LogP contribution in [0.3, 0.4) is 0 Å². The predicted molar refractivity (Wildman–Crippen MR) is 82.2 cm³/mol. The first-order valence-electron chi connectivity index (χ1n) is 6.74. The van der Waals surface area contributed by atoms with Crippen molar-refractivity contribution in [2.75, 3.05) is 0 Å². The van der Waals surface area contributed by atoms with Crippen molar-refractivity contribution in [3.63, 3.8) is 0 Å². The van der Waals surface area contributed by atoms with Gasteiger partial charge in [0.2, 0.25) is 0 Å². The van der Waals surface area contributed by atoms with Gasteiger partial charge >= 0.3 is 5.97 Å². The molecule has 0 radical (unpaired) electrons. The summed E-state index contributed by atoms with van der Waals surface area (Å²) < 4.78 is 1.17. The third kappa shape index (κ3) is 2.80. The molecule has 0 spiro atoms. The number of rotatable bonds is 3. The number of hydrogen-bond donors (Lipinski definition) is 1. The Bertz CT molecular complexity index is 479. The second-order valence-corrected chi connectivity index (χ2v) is 8.44. The number of fused-ring (bicyclic) bond motifs is 1. The number of halogens is 1. The molecule has 19 heavy (non-hydrogen) atoms. The van der Waals surface area contributed by atoms with Gasteiger partial charge in [-0.1, -0.05) is 12.8 Å². The van der Waals surface area contributed by atoms with Crippen LogP contribution in [0.25, 0.3) is 0 Å². The lowest BCUT2D eigenvalue weighted by atomic mass is 9.85. The Morgan fingerprint density at radius 2 is 2.32 bits per heavy atom. The van der Waals surface area contributed by atoms with Gasteiger partial charge in [0.05, 0.1) is 15.6 Å². The Labute approximate surface area is 130 Å². The summed E-state index contributed by atoms with van der Waals surface area (Å²) in [6, 6.07) is 0.145. The second-order valence-electron chi connectivity index (χ2n) is 5.43. The molecule has 1 aliphatic heterocycles. The molecule has 1 aromatic heterocycles. The third-order valence-corrected chi connectivity index (χ3v) is 6.06. The van der Waals surface area contributed by atoms with Gasteiger partial charge in [-0.2, -0.15) is 0 Å². The zero-order valence-corrected chi connectivity index (χ0v) is 13.6. The van der Waals surface area contributed by atoms with Crippen LogP contribution in [-0.4, -0.2) is 33.0 Å². The molecule has 2 heterocycles. The van der Waals surface area contributed by atoms with Crippen molar-refractivity contribution in [2.45, 2.75) is 50.7 Å². The predicted octanol–water partition coefficient (Wildman–Crippen LogP) is 2.97. The Morgan fingerprint density at radius 1 is 1.53 bits per heavy atom. The minimum atomic E-state index is -0.666. The van der Waals surface area contributed by atoms with Crippen LogP contribution in [0.15, 0.2) is 6.20 Å². The van der Waals surface area contributed by atoms with Crippen molar-refractivity contribution in [3.8, 4) is 0 Å². The van der Waals surface area contributed by atoms with E-state index in [9.17, 15) is 9.90 Å². The highest BCUT2D eigenvalue weighted by Gasteiger charge is 2.45. The molecule has 104 valence electrons. The van der Waals surface area contributed by atoms with Gasteiger partial charge in [0.15, 0.2) is 0 Å². The lowest BCUT2D eigenvalue weighted by molar-refractivity contribution is -0.142. The summed E-state index contributed by atoms with van der Waals surface area (Å²) in [6.45, 7) is 0.700. The van der Waals surface area contributed by atoms with E-state index in [-0.39, 0.29) is 6.04 Å². The first-order valence-corrected chi connectivity index (χ1v) is 8.63. The maximum atomic E-state index is 11.5. The van der Waals surface area contributed by atoms with Gasteiger partial charge in [-0.15, -0.1) is 11.3 Å². The highest BCUT2D eigenvalue weighted by molar-refractivity contribution is 14.1. The Morgan fingerprint density at radius 3 is 3.00 bits per heavy atom. The van der Waals surface area contributed by atoms with Gasteiger partial charge in [0.25, 0.3) is 0 Å². The number of likely N-dealkylation sites (tertiary alicyclic amines) is 1. The van der Waals surface area contributed by atoms with E-state index in [2.05, 4.69) is 32.5 Å². The lowest BCUT2D eigenvalue weighted by Crippen LogP contribution is -2.41. The van der Waals surface area contributed by atoms with Gasteiger partial charge in [0, 0.05) is 6.04 Å². The summed E-state index contributed by atoms with van der Waals surface area (Å²) in [5.41, 5.74) is 0. The number of aliphatic carboxylic acids is 1. The van der Waals surface area contributed by atoms with Crippen LogP contribution in [0, 0.1) is 8.80 Å². The Balaban J connectivity index is 1.80. The second kappa shape index (κ2) is 5.65. The van der Waals surface area contributed by atoms with E-state index in [0.29, 0.717) is 18.5 Å². The Hall–Kier alpha value is -0.210. The monoisotopic (exact) mass is 392 g/mol. The molecule has 2 aliphatic rings. The van der Waals surface area contributed by atoms with Gasteiger partial charge in [-0.25, -0.2) is 4.98 Å². The summed E-state index contributed by atoms with van der Waals surface area (Å²) in [5.74, 6) is -0.0884. The molecule has 3 rings (SSSR count). The van der Waals surface area contributed by atoms with Crippen molar-refractivity contribution in [2.24, 2.45) is 5.92 Å². The normalized spacial score (nSPS) is 31.3. The first kappa shape index (κ1) is 13.8. The molecule has 1 saturated carbocycles. The van der Waals surface area contributed by atoms with Crippen LogP contribution < -0.4 is 0 Å². The molecule has 1 aromatic rings. The third-order valence-electron chi connectivity index (χ3n) is 4.35. The molecular formula is C13H17IN2O2S. The average molecular weight is 392 g/mol. The number of carboxylic acid groups (broad SMARTS) is 1. The summed E-state index contributed by atoms with van der Waals surface area (Å²) in [6.07, 6.45) is 7.53. The lowest BCUT2D eigenvalue weighted by Gasteiger charge is -2.32. The largest absolute Gasteiger partial charge is 0.480 e. The first-order chi connectivity index (χ1) is 9.15. The highest BCUT2D eigenvalue weighted by atomic mass is 127. The molecule has 1 N–H and O–H groups in total. The minimum Gasteiger partial charge on any atom is -0.480 e. The van der Waals surface area contributed by atoms with E-state index in [4.69, 9.17) is 0 Å².